The smallest absolute Gasteiger partial charge is 0.305 e. The fourth-order valence-electron chi connectivity index (χ4n) is 2.44. The highest BCUT2D eigenvalue weighted by Crippen LogP contribution is 2.24. The van der Waals surface area contributed by atoms with E-state index in [0.29, 0.717) is 36.6 Å². The van der Waals surface area contributed by atoms with E-state index >= 15 is 0 Å². The monoisotopic (exact) mass is 355 g/mol. The first-order chi connectivity index (χ1) is 12.7. The molecule has 0 aromatic heterocycles. The number of unbranched alkanes of at least 4 members (excludes halogenated alkanes) is 2. The minimum Gasteiger partial charge on any atom is -0.491 e. The number of nitrogens with one attached hydrogen (secondary N) is 1. The van der Waals surface area contributed by atoms with E-state index in [1.165, 1.54) is 0 Å². The number of hydrogen-bond donors (Lipinski definition) is 1. The summed E-state index contributed by atoms with van der Waals surface area (Å²) in [6, 6.07) is 16.4. The molecule has 0 heterocycles. The maximum atomic E-state index is 12.3. The molecule has 1 amide bonds. The van der Waals surface area contributed by atoms with Gasteiger partial charge < -0.3 is 14.8 Å². The predicted molar refractivity (Wildman–Crippen MR) is 101 cm³/mol. The van der Waals surface area contributed by atoms with E-state index in [2.05, 4.69) is 5.32 Å². The summed E-state index contributed by atoms with van der Waals surface area (Å²) >= 11 is 0. The summed E-state index contributed by atoms with van der Waals surface area (Å²) < 4.78 is 10.7. The Morgan fingerprint density at radius 3 is 2.42 bits per heavy atom. The highest BCUT2D eigenvalue weighted by molar-refractivity contribution is 6.04. The summed E-state index contributed by atoms with van der Waals surface area (Å²) in [6.07, 6.45) is 2.95. The molecule has 0 saturated carbocycles. The molecule has 0 spiro atoms. The first kappa shape index (κ1) is 19.5. The van der Waals surface area contributed by atoms with Crippen molar-refractivity contribution >= 4 is 17.6 Å². The van der Waals surface area contributed by atoms with E-state index in [1.54, 1.807) is 19.1 Å². The first-order valence-electron chi connectivity index (χ1n) is 8.94. The van der Waals surface area contributed by atoms with Crippen LogP contribution in [0.2, 0.25) is 0 Å². The van der Waals surface area contributed by atoms with Gasteiger partial charge in [0.25, 0.3) is 5.91 Å². The zero-order valence-electron chi connectivity index (χ0n) is 15.1. The molecule has 5 heteroatoms. The highest BCUT2D eigenvalue weighted by Gasteiger charge is 2.09. The number of anilines is 1. The van der Waals surface area contributed by atoms with E-state index in [4.69, 9.17) is 9.47 Å². The number of carbonyl (C=O) groups is 2. The molecule has 0 fully saturated rings. The molecular formula is C21H25NO4. The second-order valence-electron chi connectivity index (χ2n) is 5.78. The van der Waals surface area contributed by atoms with Gasteiger partial charge in [-0.05, 0) is 50.5 Å². The SMILES string of the molecule is CCOC(=O)CCCCCOc1ccccc1NC(=O)c1ccccc1. The van der Waals surface area contributed by atoms with Gasteiger partial charge in [-0.25, -0.2) is 0 Å². The number of hydrogen-bond acceptors (Lipinski definition) is 4. The third kappa shape index (κ3) is 6.59. The summed E-state index contributed by atoms with van der Waals surface area (Å²) in [7, 11) is 0. The molecule has 138 valence electrons. The van der Waals surface area contributed by atoms with Crippen molar-refractivity contribution in [3.05, 3.63) is 60.2 Å². The molecule has 2 aromatic carbocycles. The molecule has 0 unspecified atom stereocenters. The fraction of sp³-hybridized carbons (Fsp3) is 0.333. The molecule has 26 heavy (non-hydrogen) atoms. The lowest BCUT2D eigenvalue weighted by atomic mass is 10.2. The van der Waals surface area contributed by atoms with Crippen molar-refractivity contribution < 1.29 is 19.1 Å². The van der Waals surface area contributed by atoms with Crippen LogP contribution in [0.5, 0.6) is 5.75 Å². The lowest BCUT2D eigenvalue weighted by Crippen LogP contribution is -2.13. The maximum absolute atomic E-state index is 12.3. The lowest BCUT2D eigenvalue weighted by molar-refractivity contribution is -0.143. The van der Waals surface area contributed by atoms with E-state index in [9.17, 15) is 9.59 Å². The molecular weight excluding hydrogens is 330 g/mol. The summed E-state index contributed by atoms with van der Waals surface area (Å²) in [5.74, 6) is 0.320. The Hall–Kier alpha value is -2.82. The van der Waals surface area contributed by atoms with E-state index in [0.717, 1.165) is 19.3 Å². The molecule has 2 rings (SSSR count). The van der Waals surface area contributed by atoms with Gasteiger partial charge in [0.2, 0.25) is 0 Å². The highest BCUT2D eigenvalue weighted by atomic mass is 16.5. The van der Waals surface area contributed by atoms with Gasteiger partial charge in [-0.15, -0.1) is 0 Å². The summed E-state index contributed by atoms with van der Waals surface area (Å²) in [5, 5.41) is 2.88. The summed E-state index contributed by atoms with van der Waals surface area (Å²) in [5.41, 5.74) is 1.24. The first-order valence-corrected chi connectivity index (χ1v) is 8.94. The van der Waals surface area contributed by atoms with Crippen LogP contribution in [0.3, 0.4) is 0 Å². The van der Waals surface area contributed by atoms with Crippen molar-refractivity contribution in [2.24, 2.45) is 0 Å². The molecule has 2 aromatic rings. The van der Waals surface area contributed by atoms with Crippen LogP contribution in [-0.4, -0.2) is 25.1 Å². The van der Waals surface area contributed by atoms with Gasteiger partial charge in [-0.2, -0.15) is 0 Å². The Labute approximate surface area is 154 Å². The van der Waals surface area contributed by atoms with E-state index < -0.39 is 0 Å². The van der Waals surface area contributed by atoms with Crippen molar-refractivity contribution in [1.82, 2.24) is 0 Å². The Bertz CT molecular complexity index is 700. The minimum atomic E-state index is -0.170. The topological polar surface area (TPSA) is 64.6 Å². The molecule has 0 aliphatic rings. The van der Waals surface area contributed by atoms with E-state index in [1.807, 2.05) is 42.5 Å². The van der Waals surface area contributed by atoms with Crippen molar-refractivity contribution in [2.45, 2.75) is 32.6 Å². The summed E-state index contributed by atoms with van der Waals surface area (Å²) in [6.45, 7) is 2.76. The maximum Gasteiger partial charge on any atom is 0.305 e. The third-order valence-electron chi connectivity index (χ3n) is 3.76. The lowest BCUT2D eigenvalue weighted by Gasteiger charge is -2.12. The Kier molecular flexibility index (Phi) is 8.19. The van der Waals surface area contributed by atoms with Crippen LogP contribution in [0.15, 0.2) is 54.6 Å². The van der Waals surface area contributed by atoms with Crippen molar-refractivity contribution in [1.29, 1.82) is 0 Å². The molecule has 5 nitrogen and oxygen atoms in total. The van der Waals surface area contributed by atoms with E-state index in [-0.39, 0.29) is 11.9 Å². The number of esters is 1. The number of ether oxygens (including phenoxy) is 2. The molecule has 0 aliphatic heterocycles. The largest absolute Gasteiger partial charge is 0.491 e. The normalized spacial score (nSPS) is 10.2. The van der Waals surface area contributed by atoms with Gasteiger partial charge in [0.05, 0.1) is 18.9 Å². The second kappa shape index (κ2) is 10.9. The number of benzene rings is 2. The average Bonchev–Trinajstić information content (AvgIpc) is 2.66. The van der Waals surface area contributed by atoms with Crippen LogP contribution in [-0.2, 0) is 9.53 Å². The summed E-state index contributed by atoms with van der Waals surface area (Å²) in [4.78, 5) is 23.6. The van der Waals surface area contributed by atoms with Gasteiger partial charge in [-0.1, -0.05) is 30.3 Å². The molecule has 1 N–H and O–H groups in total. The van der Waals surface area contributed by atoms with Crippen molar-refractivity contribution in [2.75, 3.05) is 18.5 Å². The molecule has 0 atom stereocenters. The van der Waals surface area contributed by atoms with Gasteiger partial charge in [0.1, 0.15) is 5.75 Å². The molecule has 0 bridgehead atoms. The van der Waals surface area contributed by atoms with Crippen molar-refractivity contribution in [3.8, 4) is 5.75 Å². The second-order valence-corrected chi connectivity index (χ2v) is 5.78. The standard InChI is InChI=1S/C21H25NO4/c1-2-25-20(23)15-7-4-10-16-26-19-14-9-8-13-18(19)22-21(24)17-11-5-3-6-12-17/h3,5-6,8-9,11-14H,2,4,7,10,15-16H2,1H3,(H,22,24). The number of carbonyl (C=O) groups excluding carboxylic acids is 2. The van der Waals surface area contributed by atoms with Gasteiger partial charge in [-0.3, -0.25) is 9.59 Å². The zero-order chi connectivity index (χ0) is 18.6. The third-order valence-corrected chi connectivity index (χ3v) is 3.76. The van der Waals surface area contributed by atoms with Gasteiger partial charge in [0.15, 0.2) is 0 Å². The van der Waals surface area contributed by atoms with Gasteiger partial charge >= 0.3 is 5.97 Å². The van der Waals surface area contributed by atoms with Crippen LogP contribution in [0.1, 0.15) is 43.0 Å². The van der Waals surface area contributed by atoms with Crippen molar-refractivity contribution in [3.63, 3.8) is 0 Å². The predicted octanol–water partition coefficient (Wildman–Crippen LogP) is 4.44. The molecule has 0 saturated heterocycles. The number of para-hydroxylation sites is 2. The fourth-order valence-corrected chi connectivity index (χ4v) is 2.44. The minimum absolute atomic E-state index is 0.151. The number of rotatable bonds is 10. The molecule has 0 aliphatic carbocycles. The van der Waals surface area contributed by atoms with Crippen LogP contribution in [0.4, 0.5) is 5.69 Å². The Morgan fingerprint density at radius 2 is 1.65 bits per heavy atom. The molecule has 0 radical (unpaired) electrons. The van der Waals surface area contributed by atoms with Crippen LogP contribution in [0, 0.1) is 0 Å². The van der Waals surface area contributed by atoms with Crippen LogP contribution in [0.25, 0.3) is 0 Å². The number of amides is 1. The quantitative estimate of drug-likeness (QED) is 0.505. The Morgan fingerprint density at radius 1 is 0.923 bits per heavy atom. The average molecular weight is 355 g/mol. The van der Waals surface area contributed by atoms with Crippen LogP contribution < -0.4 is 10.1 Å². The zero-order valence-corrected chi connectivity index (χ0v) is 15.1. The van der Waals surface area contributed by atoms with Gasteiger partial charge in [0, 0.05) is 12.0 Å². The van der Waals surface area contributed by atoms with Crippen LogP contribution >= 0.6 is 0 Å². The Balaban J connectivity index is 1.78.